The van der Waals surface area contributed by atoms with E-state index in [0.29, 0.717) is 0 Å². The first-order valence-electron chi connectivity index (χ1n) is 8.37. The van der Waals surface area contributed by atoms with Crippen molar-refractivity contribution in [2.75, 3.05) is 10.5 Å². The Bertz CT molecular complexity index is 1240. The maximum Gasteiger partial charge on any atom is 0.250 e. The number of fused-ring (bicyclic) bond motifs is 1. The van der Waals surface area contributed by atoms with Crippen molar-refractivity contribution in [3.8, 4) is 0 Å². The first-order chi connectivity index (χ1) is 13.7. The van der Waals surface area contributed by atoms with Gasteiger partial charge in [0.2, 0.25) is 21.7 Å². The fourth-order valence-corrected chi connectivity index (χ4v) is 3.97. The smallest absolute Gasteiger partial charge is 0.250 e. The van der Waals surface area contributed by atoms with E-state index >= 15 is 0 Å². The third kappa shape index (κ3) is 3.81. The van der Waals surface area contributed by atoms with Crippen LogP contribution in [0.2, 0.25) is 0 Å². The minimum absolute atomic E-state index is 0.0410. The van der Waals surface area contributed by atoms with E-state index in [0.717, 1.165) is 24.5 Å². The summed E-state index contributed by atoms with van der Waals surface area (Å²) in [7, 11) is -3.88. The number of anilines is 1. The molecule has 29 heavy (non-hydrogen) atoms. The molecule has 4 N–H and O–H groups in total. The number of carbonyl (C=O) groups excluding carboxylic acids is 2. The van der Waals surface area contributed by atoms with Crippen LogP contribution in [-0.4, -0.2) is 35.8 Å². The molecule has 0 aliphatic carbocycles. The quantitative estimate of drug-likeness (QED) is 0.502. The van der Waals surface area contributed by atoms with Crippen LogP contribution in [0.25, 0.3) is 11.0 Å². The van der Waals surface area contributed by atoms with E-state index in [9.17, 15) is 26.8 Å². The van der Waals surface area contributed by atoms with Crippen LogP contribution in [0.4, 0.5) is 14.5 Å². The van der Waals surface area contributed by atoms with E-state index in [1.165, 1.54) is 0 Å². The van der Waals surface area contributed by atoms with Gasteiger partial charge in [-0.25, -0.2) is 22.2 Å². The summed E-state index contributed by atoms with van der Waals surface area (Å²) in [5, 5.41) is -0.0410. The van der Waals surface area contributed by atoms with Crippen molar-refractivity contribution in [3.63, 3.8) is 0 Å². The molecule has 1 amide bonds. The number of hydrogen-bond acceptors (Lipinski definition) is 5. The van der Waals surface area contributed by atoms with E-state index in [1.54, 1.807) is 6.92 Å². The van der Waals surface area contributed by atoms with E-state index < -0.39 is 44.6 Å². The Morgan fingerprint density at radius 1 is 1.31 bits per heavy atom. The van der Waals surface area contributed by atoms with Crippen molar-refractivity contribution in [3.05, 3.63) is 58.9 Å². The van der Waals surface area contributed by atoms with Crippen LogP contribution < -0.4 is 10.5 Å². The predicted molar refractivity (Wildman–Crippen MR) is 101 cm³/mol. The molecule has 2 heterocycles. The van der Waals surface area contributed by atoms with Gasteiger partial charge >= 0.3 is 0 Å². The summed E-state index contributed by atoms with van der Waals surface area (Å²) in [5.74, 6) is -4.88. The van der Waals surface area contributed by atoms with Crippen molar-refractivity contribution < 1.29 is 26.8 Å². The van der Waals surface area contributed by atoms with E-state index in [2.05, 4.69) is 16.0 Å². The van der Waals surface area contributed by atoms with E-state index in [1.807, 2.05) is 4.72 Å². The highest BCUT2D eigenvalue weighted by Gasteiger charge is 2.27. The number of H-pyrrole nitrogens is 1. The standard InChI is InChI=1S/C18H15F2N4O4S/c1-2-7-29(27,28)24-12-4-3-11(19)14(15(12)20)16(25)10-8-23-18-13(10)9(17(21)26)5-6-22-18/h3-4,6,8,24H,2,7H2,1H3,(H2,21,26)(H,22,23). The number of benzene rings is 1. The van der Waals surface area contributed by atoms with Gasteiger partial charge in [-0.2, -0.15) is 0 Å². The Labute approximate surface area is 164 Å². The van der Waals surface area contributed by atoms with Crippen LogP contribution in [0.5, 0.6) is 0 Å². The minimum atomic E-state index is -3.88. The van der Waals surface area contributed by atoms with Gasteiger partial charge in [-0.3, -0.25) is 14.3 Å². The number of nitrogens with two attached hydrogens (primary N) is 1. The third-order valence-corrected chi connectivity index (χ3v) is 5.54. The zero-order valence-corrected chi connectivity index (χ0v) is 15.9. The molecule has 1 radical (unpaired) electrons. The first-order valence-corrected chi connectivity index (χ1v) is 10.0. The largest absolute Gasteiger partial charge is 0.366 e. The molecule has 0 fully saturated rings. The van der Waals surface area contributed by atoms with Gasteiger partial charge < -0.3 is 10.7 Å². The molecular weight excluding hydrogens is 406 g/mol. The number of pyridine rings is 1. The highest BCUT2D eigenvalue weighted by molar-refractivity contribution is 7.92. The molecule has 11 heteroatoms. The molecule has 0 aliphatic rings. The summed E-state index contributed by atoms with van der Waals surface area (Å²) in [6, 6.07) is 4.15. The lowest BCUT2D eigenvalue weighted by Gasteiger charge is -2.11. The normalized spacial score (nSPS) is 11.6. The number of aromatic nitrogens is 2. The number of sulfonamides is 1. The number of aromatic amines is 1. The molecule has 0 saturated carbocycles. The molecule has 0 spiro atoms. The van der Waals surface area contributed by atoms with E-state index in [4.69, 9.17) is 5.73 Å². The van der Waals surface area contributed by atoms with Crippen molar-refractivity contribution in [1.82, 2.24) is 9.97 Å². The monoisotopic (exact) mass is 421 g/mol. The summed E-state index contributed by atoms with van der Waals surface area (Å²) in [4.78, 5) is 31.1. The van der Waals surface area contributed by atoms with Crippen LogP contribution in [0.1, 0.15) is 39.6 Å². The van der Waals surface area contributed by atoms with Gasteiger partial charge in [-0.15, -0.1) is 0 Å². The van der Waals surface area contributed by atoms with Crippen LogP contribution in [0.15, 0.2) is 24.5 Å². The summed E-state index contributed by atoms with van der Waals surface area (Å²) in [5.41, 5.74) is 3.39. The number of nitrogens with one attached hydrogen (secondary N) is 2. The van der Waals surface area contributed by atoms with Gasteiger partial charge in [0.25, 0.3) is 0 Å². The molecule has 151 valence electrons. The second kappa shape index (κ2) is 7.59. The Morgan fingerprint density at radius 2 is 2.03 bits per heavy atom. The number of hydrogen-bond donors (Lipinski definition) is 3. The second-order valence-electron chi connectivity index (χ2n) is 6.10. The molecule has 3 rings (SSSR count). The predicted octanol–water partition coefficient (Wildman–Crippen LogP) is 2.12. The maximum atomic E-state index is 14.9. The van der Waals surface area contributed by atoms with E-state index in [-0.39, 0.29) is 34.3 Å². The number of primary amides is 1. The molecule has 0 aliphatic heterocycles. The van der Waals surface area contributed by atoms with Gasteiger partial charge in [0, 0.05) is 23.8 Å². The maximum absolute atomic E-state index is 14.9. The van der Waals surface area contributed by atoms with Gasteiger partial charge in [0.05, 0.1) is 28.1 Å². The number of nitrogens with zero attached hydrogens (tertiary/aromatic N) is 1. The SMILES string of the molecule is CCCS(=O)(=O)Nc1ccc(F)c(C(=O)c2c[nH]c3nc[c]c(C(N)=O)c23)c1F. The Hall–Kier alpha value is -3.34. The topological polar surface area (TPSA) is 135 Å². The first kappa shape index (κ1) is 20.4. The fraction of sp³-hybridized carbons (Fsp3) is 0.167. The highest BCUT2D eigenvalue weighted by atomic mass is 32.2. The molecule has 1 aromatic carbocycles. The van der Waals surface area contributed by atoms with Crippen LogP contribution in [0.3, 0.4) is 0 Å². The lowest BCUT2D eigenvalue weighted by molar-refractivity contribution is 0.100. The van der Waals surface area contributed by atoms with Crippen molar-refractivity contribution >= 4 is 38.4 Å². The minimum Gasteiger partial charge on any atom is -0.366 e. The van der Waals surface area contributed by atoms with Crippen LogP contribution in [0, 0.1) is 17.7 Å². The zero-order valence-electron chi connectivity index (χ0n) is 15.0. The van der Waals surface area contributed by atoms with Crippen molar-refractivity contribution in [1.29, 1.82) is 0 Å². The summed E-state index contributed by atoms with van der Waals surface area (Å²) < 4.78 is 55.1. The fourth-order valence-electron chi connectivity index (χ4n) is 2.84. The number of rotatable bonds is 7. The number of ketones is 1. The lowest BCUT2D eigenvalue weighted by Crippen LogP contribution is -2.19. The summed E-state index contributed by atoms with van der Waals surface area (Å²) >= 11 is 0. The van der Waals surface area contributed by atoms with Crippen molar-refractivity contribution in [2.45, 2.75) is 13.3 Å². The van der Waals surface area contributed by atoms with Crippen LogP contribution >= 0.6 is 0 Å². The van der Waals surface area contributed by atoms with Crippen molar-refractivity contribution in [2.24, 2.45) is 5.73 Å². The lowest BCUT2D eigenvalue weighted by atomic mass is 9.99. The van der Waals surface area contributed by atoms with Gasteiger partial charge in [0.1, 0.15) is 11.5 Å². The Kier molecular flexibility index (Phi) is 5.33. The third-order valence-electron chi connectivity index (χ3n) is 4.06. The summed E-state index contributed by atoms with van der Waals surface area (Å²) in [6.45, 7) is 1.62. The molecule has 8 nitrogen and oxygen atoms in total. The molecule has 0 bridgehead atoms. The molecule has 3 aromatic rings. The molecular formula is C18H15F2N4O4S. The van der Waals surface area contributed by atoms with Gasteiger partial charge in [0.15, 0.2) is 5.82 Å². The second-order valence-corrected chi connectivity index (χ2v) is 7.94. The van der Waals surface area contributed by atoms with Crippen LogP contribution in [-0.2, 0) is 10.0 Å². The number of carbonyl (C=O) groups is 2. The average molecular weight is 421 g/mol. The molecule has 0 saturated heterocycles. The zero-order chi connectivity index (χ0) is 21.3. The Balaban J connectivity index is 2.15. The molecule has 2 aromatic heterocycles. The Morgan fingerprint density at radius 3 is 2.69 bits per heavy atom. The number of halogens is 2. The summed E-state index contributed by atoms with van der Waals surface area (Å²) in [6.07, 6.45) is 2.57. The van der Waals surface area contributed by atoms with Gasteiger partial charge in [-0.1, -0.05) is 6.92 Å². The average Bonchev–Trinajstić information content (AvgIpc) is 3.08. The van der Waals surface area contributed by atoms with Gasteiger partial charge in [-0.05, 0) is 18.6 Å². The highest BCUT2D eigenvalue weighted by Crippen LogP contribution is 2.28. The molecule has 0 atom stereocenters. The molecule has 0 unspecified atom stereocenters. The number of amides is 1.